The molecule has 0 radical (unpaired) electrons. The number of nitriles is 1. The molecule has 22 heavy (non-hydrogen) atoms. The summed E-state index contributed by atoms with van der Waals surface area (Å²) in [6, 6.07) is 8.14. The maximum atomic E-state index is 12.8. The summed E-state index contributed by atoms with van der Waals surface area (Å²) in [7, 11) is -3.74. The highest BCUT2D eigenvalue weighted by atomic mass is 32.2. The predicted octanol–water partition coefficient (Wildman–Crippen LogP) is 1.90. The number of hydrogen-bond acceptors (Lipinski definition) is 4. The number of piperidine rings is 1. The Balaban J connectivity index is 2.37. The molecule has 1 aliphatic rings. The van der Waals surface area contributed by atoms with Crippen LogP contribution < -0.4 is 0 Å². The maximum absolute atomic E-state index is 12.8. The highest BCUT2D eigenvalue weighted by molar-refractivity contribution is 7.89. The molecule has 1 atom stereocenters. The molecule has 1 aliphatic heterocycles. The topological polar surface area (TPSA) is 81.4 Å². The van der Waals surface area contributed by atoms with E-state index in [0.29, 0.717) is 19.4 Å². The van der Waals surface area contributed by atoms with Gasteiger partial charge in [-0.1, -0.05) is 18.2 Å². The van der Waals surface area contributed by atoms with E-state index in [1.54, 1.807) is 18.2 Å². The minimum absolute atomic E-state index is 0.0323. The van der Waals surface area contributed by atoms with Crippen molar-refractivity contribution in [3.8, 4) is 6.07 Å². The number of nitrogens with zero attached hydrogens (tertiary/aromatic N) is 2. The number of benzene rings is 1. The zero-order valence-corrected chi connectivity index (χ0v) is 13.2. The van der Waals surface area contributed by atoms with Crippen LogP contribution in [0.5, 0.6) is 0 Å². The lowest BCUT2D eigenvalue weighted by atomic mass is 9.79. The molecular formula is C16H20N2O3S. The lowest BCUT2D eigenvalue weighted by Gasteiger charge is -2.40. The van der Waals surface area contributed by atoms with Crippen molar-refractivity contribution in [1.82, 2.24) is 4.31 Å². The van der Waals surface area contributed by atoms with Gasteiger partial charge in [0.05, 0.1) is 17.1 Å². The highest BCUT2D eigenvalue weighted by Crippen LogP contribution is 2.36. The number of sulfonamides is 1. The van der Waals surface area contributed by atoms with Gasteiger partial charge in [0.1, 0.15) is 6.07 Å². The Morgan fingerprint density at radius 3 is 2.82 bits per heavy atom. The average molecular weight is 320 g/mol. The van der Waals surface area contributed by atoms with Gasteiger partial charge in [-0.05, 0) is 31.4 Å². The zero-order chi connectivity index (χ0) is 16.2. The van der Waals surface area contributed by atoms with Gasteiger partial charge in [0, 0.05) is 18.5 Å². The van der Waals surface area contributed by atoms with E-state index in [2.05, 4.69) is 6.58 Å². The fourth-order valence-electron chi connectivity index (χ4n) is 2.96. The molecule has 0 bridgehead atoms. The quantitative estimate of drug-likeness (QED) is 0.840. The van der Waals surface area contributed by atoms with Gasteiger partial charge in [-0.3, -0.25) is 0 Å². The van der Waals surface area contributed by atoms with Crippen LogP contribution in [0.15, 0.2) is 41.8 Å². The fourth-order valence-corrected chi connectivity index (χ4v) is 4.69. The lowest BCUT2D eigenvalue weighted by molar-refractivity contribution is 0.0669. The van der Waals surface area contributed by atoms with Crippen LogP contribution in [-0.2, 0) is 10.0 Å². The van der Waals surface area contributed by atoms with Gasteiger partial charge >= 0.3 is 0 Å². The number of hydrogen-bond donors (Lipinski definition) is 1. The van der Waals surface area contributed by atoms with Crippen LogP contribution in [0.25, 0.3) is 0 Å². The predicted molar refractivity (Wildman–Crippen MR) is 83.5 cm³/mol. The van der Waals surface area contributed by atoms with E-state index in [4.69, 9.17) is 5.26 Å². The van der Waals surface area contributed by atoms with Gasteiger partial charge in [-0.15, -0.1) is 6.58 Å². The third-order valence-electron chi connectivity index (χ3n) is 4.16. The maximum Gasteiger partial charge on any atom is 0.244 e. The van der Waals surface area contributed by atoms with E-state index >= 15 is 0 Å². The molecule has 2 rings (SSSR count). The van der Waals surface area contributed by atoms with Crippen molar-refractivity contribution in [3.05, 3.63) is 42.5 Å². The van der Waals surface area contributed by atoms with Gasteiger partial charge in [-0.25, -0.2) is 8.42 Å². The van der Waals surface area contributed by atoms with E-state index in [-0.39, 0.29) is 23.6 Å². The van der Waals surface area contributed by atoms with Crippen molar-refractivity contribution in [3.63, 3.8) is 0 Å². The molecule has 1 N–H and O–H groups in total. The second-order valence-corrected chi connectivity index (χ2v) is 7.61. The summed E-state index contributed by atoms with van der Waals surface area (Å²) in [5.74, 6) is 0. The summed E-state index contributed by atoms with van der Waals surface area (Å²) < 4.78 is 27.1. The van der Waals surface area contributed by atoms with Gasteiger partial charge in [0.2, 0.25) is 10.0 Å². The largest absolute Gasteiger partial charge is 0.396 e. The fraction of sp³-hybridized carbons (Fsp3) is 0.438. The molecular weight excluding hydrogens is 300 g/mol. The number of rotatable bonds is 5. The number of aliphatic hydroxyl groups is 1. The van der Waals surface area contributed by atoms with Crippen LogP contribution in [0.2, 0.25) is 0 Å². The van der Waals surface area contributed by atoms with E-state index in [9.17, 15) is 13.5 Å². The van der Waals surface area contributed by atoms with E-state index in [1.165, 1.54) is 16.4 Å². The van der Waals surface area contributed by atoms with Crippen molar-refractivity contribution < 1.29 is 13.5 Å². The summed E-state index contributed by atoms with van der Waals surface area (Å²) in [5.41, 5.74) is -0.333. The number of allylic oxidation sites excluding steroid dienone is 1. The monoisotopic (exact) mass is 320 g/mol. The minimum atomic E-state index is -3.74. The first-order chi connectivity index (χ1) is 10.5. The molecule has 0 unspecified atom stereocenters. The van der Waals surface area contributed by atoms with Gasteiger partial charge in [-0.2, -0.15) is 9.57 Å². The summed E-state index contributed by atoms with van der Waals surface area (Å²) in [6.45, 7) is 4.27. The summed E-state index contributed by atoms with van der Waals surface area (Å²) in [5, 5.41) is 18.8. The first kappa shape index (κ1) is 16.7. The molecule has 6 heteroatoms. The molecule has 0 spiro atoms. The van der Waals surface area contributed by atoms with Crippen LogP contribution in [0.3, 0.4) is 0 Å². The van der Waals surface area contributed by atoms with Gasteiger partial charge in [0.25, 0.3) is 0 Å². The smallest absolute Gasteiger partial charge is 0.244 e. The second kappa shape index (κ2) is 6.61. The Morgan fingerprint density at radius 1 is 1.45 bits per heavy atom. The van der Waals surface area contributed by atoms with Crippen LogP contribution >= 0.6 is 0 Å². The molecule has 0 saturated carbocycles. The molecule has 1 aromatic carbocycles. The molecule has 0 amide bonds. The van der Waals surface area contributed by atoms with Crippen molar-refractivity contribution >= 4 is 10.0 Å². The molecule has 0 aliphatic carbocycles. The van der Waals surface area contributed by atoms with Crippen LogP contribution in [0.4, 0.5) is 0 Å². The van der Waals surface area contributed by atoms with Gasteiger partial charge < -0.3 is 5.11 Å². The highest BCUT2D eigenvalue weighted by Gasteiger charge is 2.39. The second-order valence-electron chi connectivity index (χ2n) is 5.70. The molecule has 1 heterocycles. The Labute approximate surface area is 131 Å². The normalized spacial score (nSPS) is 22.9. The number of aliphatic hydroxyl groups excluding tert-OH is 1. The Hall–Kier alpha value is -1.68. The Kier molecular flexibility index (Phi) is 5.01. The standard InChI is InChI=1S/C16H20N2O3S/c1-2-8-16(13-19)9-5-10-18(12-16)22(20,21)15-7-4-3-6-14(15)11-17/h2-4,6-7,19H,1,5,8-10,12-13H2/t16-/m0/s1. The van der Waals surface area contributed by atoms with Crippen LogP contribution in [0, 0.1) is 16.7 Å². The molecule has 1 saturated heterocycles. The molecule has 0 aromatic heterocycles. The summed E-state index contributed by atoms with van der Waals surface area (Å²) >= 11 is 0. The first-order valence-corrected chi connectivity index (χ1v) is 8.64. The molecule has 1 aromatic rings. The first-order valence-electron chi connectivity index (χ1n) is 7.20. The van der Waals surface area contributed by atoms with Crippen LogP contribution in [0.1, 0.15) is 24.8 Å². The van der Waals surface area contributed by atoms with Crippen molar-refractivity contribution in [1.29, 1.82) is 5.26 Å². The summed E-state index contributed by atoms with van der Waals surface area (Å²) in [4.78, 5) is 0.0323. The van der Waals surface area contributed by atoms with E-state index < -0.39 is 15.4 Å². The Morgan fingerprint density at radius 2 is 2.18 bits per heavy atom. The van der Waals surface area contributed by atoms with Crippen molar-refractivity contribution in [2.75, 3.05) is 19.7 Å². The molecule has 5 nitrogen and oxygen atoms in total. The SMILES string of the molecule is C=CC[C@]1(CO)CCCN(S(=O)(=O)c2ccccc2C#N)C1. The molecule has 118 valence electrons. The minimum Gasteiger partial charge on any atom is -0.396 e. The third kappa shape index (κ3) is 3.07. The average Bonchev–Trinajstić information content (AvgIpc) is 2.55. The zero-order valence-electron chi connectivity index (χ0n) is 12.4. The van der Waals surface area contributed by atoms with E-state index in [0.717, 1.165) is 6.42 Å². The van der Waals surface area contributed by atoms with Crippen molar-refractivity contribution in [2.45, 2.75) is 24.2 Å². The summed E-state index contributed by atoms with van der Waals surface area (Å²) in [6.07, 6.45) is 3.73. The lowest BCUT2D eigenvalue weighted by Crippen LogP contribution is -2.47. The van der Waals surface area contributed by atoms with Crippen molar-refractivity contribution in [2.24, 2.45) is 5.41 Å². The van der Waals surface area contributed by atoms with E-state index in [1.807, 2.05) is 6.07 Å². The van der Waals surface area contributed by atoms with Crippen LogP contribution in [-0.4, -0.2) is 37.5 Å². The third-order valence-corrected chi connectivity index (χ3v) is 6.07. The molecule has 1 fully saturated rings. The Bertz CT molecular complexity index is 694. The van der Waals surface area contributed by atoms with Gasteiger partial charge in [0.15, 0.2) is 0 Å².